The van der Waals surface area contributed by atoms with Crippen LogP contribution in [0.15, 0.2) is 36.7 Å². The van der Waals surface area contributed by atoms with Gasteiger partial charge in [0.15, 0.2) is 0 Å². The van der Waals surface area contributed by atoms with Crippen molar-refractivity contribution >= 4 is 40.7 Å². The Morgan fingerprint density at radius 3 is 2.54 bits per heavy atom. The van der Waals surface area contributed by atoms with E-state index in [-0.39, 0.29) is 16.5 Å². The van der Waals surface area contributed by atoms with E-state index in [2.05, 4.69) is 10.3 Å². The van der Waals surface area contributed by atoms with Crippen LogP contribution in [0.4, 0.5) is 5.69 Å². The Labute approximate surface area is 149 Å². The fraction of sp³-hybridized carbons (Fsp3) is 0.235. The summed E-state index contributed by atoms with van der Waals surface area (Å²) in [5.74, 6) is -0.502. The van der Waals surface area contributed by atoms with Gasteiger partial charge in [0, 0.05) is 25.5 Å². The number of nitrogens with zero attached hydrogens (tertiary/aromatic N) is 2. The van der Waals surface area contributed by atoms with Gasteiger partial charge in [0.25, 0.3) is 11.8 Å². The van der Waals surface area contributed by atoms with Gasteiger partial charge in [0.05, 0.1) is 26.9 Å². The fourth-order valence-corrected chi connectivity index (χ4v) is 2.93. The molecule has 1 aliphatic rings. The molecule has 1 fully saturated rings. The molecule has 0 bridgehead atoms. The molecule has 3 rings (SSSR count). The number of amides is 2. The van der Waals surface area contributed by atoms with Gasteiger partial charge in [0.1, 0.15) is 0 Å². The molecule has 7 heteroatoms. The van der Waals surface area contributed by atoms with Crippen LogP contribution in [0.3, 0.4) is 0 Å². The monoisotopic (exact) mass is 363 g/mol. The van der Waals surface area contributed by atoms with Crippen LogP contribution in [-0.4, -0.2) is 34.8 Å². The summed E-state index contributed by atoms with van der Waals surface area (Å²) in [6.45, 7) is 1.49. The van der Waals surface area contributed by atoms with E-state index in [1.165, 1.54) is 12.4 Å². The van der Waals surface area contributed by atoms with Crippen molar-refractivity contribution in [3.63, 3.8) is 0 Å². The van der Waals surface area contributed by atoms with Crippen molar-refractivity contribution in [3.05, 3.63) is 57.8 Å². The highest BCUT2D eigenvalue weighted by Gasteiger charge is 2.21. The minimum atomic E-state index is -0.400. The van der Waals surface area contributed by atoms with E-state index >= 15 is 0 Å². The second-order valence-corrected chi connectivity index (χ2v) is 6.30. The van der Waals surface area contributed by atoms with Crippen molar-refractivity contribution in [2.45, 2.75) is 12.8 Å². The third-order valence-corrected chi connectivity index (χ3v) is 4.66. The Balaban J connectivity index is 1.79. The van der Waals surface area contributed by atoms with Gasteiger partial charge in [-0.3, -0.25) is 14.6 Å². The first kappa shape index (κ1) is 16.7. The summed E-state index contributed by atoms with van der Waals surface area (Å²) in [7, 11) is 0. The minimum absolute atomic E-state index is 0.101. The van der Waals surface area contributed by atoms with E-state index in [0.29, 0.717) is 16.3 Å². The minimum Gasteiger partial charge on any atom is -0.339 e. The van der Waals surface area contributed by atoms with Gasteiger partial charge in [-0.05, 0) is 31.0 Å². The number of hydrogen-bond acceptors (Lipinski definition) is 3. The van der Waals surface area contributed by atoms with Gasteiger partial charge in [0.2, 0.25) is 0 Å². The number of rotatable bonds is 3. The molecule has 1 aromatic heterocycles. The van der Waals surface area contributed by atoms with Gasteiger partial charge >= 0.3 is 0 Å². The molecule has 2 aromatic rings. The quantitative estimate of drug-likeness (QED) is 0.899. The summed E-state index contributed by atoms with van der Waals surface area (Å²) in [5, 5.41) is 3.30. The number of pyridine rings is 1. The standard InChI is InChI=1S/C17H15Cl2N3O2/c18-13-4-3-5-14(15(13)19)21-16(23)11-8-12(10-20-9-11)17(24)22-6-1-2-7-22/h3-5,8-10H,1-2,6-7H2,(H,21,23). The molecule has 5 nitrogen and oxygen atoms in total. The zero-order valence-corrected chi connectivity index (χ0v) is 14.3. The summed E-state index contributed by atoms with van der Waals surface area (Å²) < 4.78 is 0. The lowest BCUT2D eigenvalue weighted by molar-refractivity contribution is 0.0792. The molecule has 0 unspecified atom stereocenters. The normalized spacial score (nSPS) is 13.8. The molecular weight excluding hydrogens is 349 g/mol. The first-order valence-electron chi connectivity index (χ1n) is 7.56. The number of carbonyl (C=O) groups excluding carboxylic acids is 2. The molecule has 1 N–H and O–H groups in total. The van der Waals surface area contributed by atoms with Crippen LogP contribution in [0, 0.1) is 0 Å². The molecule has 0 atom stereocenters. The van der Waals surface area contributed by atoms with Crippen molar-refractivity contribution < 1.29 is 9.59 Å². The highest BCUT2D eigenvalue weighted by molar-refractivity contribution is 6.44. The highest BCUT2D eigenvalue weighted by atomic mass is 35.5. The van der Waals surface area contributed by atoms with Gasteiger partial charge in [-0.2, -0.15) is 0 Å². The maximum atomic E-state index is 12.4. The Morgan fingerprint density at radius 2 is 1.79 bits per heavy atom. The van der Waals surface area contributed by atoms with Gasteiger partial charge in [-0.1, -0.05) is 29.3 Å². The molecule has 24 heavy (non-hydrogen) atoms. The highest BCUT2D eigenvalue weighted by Crippen LogP contribution is 2.29. The van der Waals surface area contributed by atoms with Crippen LogP contribution < -0.4 is 5.32 Å². The summed E-state index contributed by atoms with van der Waals surface area (Å²) in [4.78, 5) is 30.6. The molecule has 1 saturated heterocycles. The molecule has 0 saturated carbocycles. The van der Waals surface area contributed by atoms with Crippen LogP contribution in [-0.2, 0) is 0 Å². The van der Waals surface area contributed by atoms with Crippen molar-refractivity contribution in [1.82, 2.24) is 9.88 Å². The molecule has 2 heterocycles. The van der Waals surface area contributed by atoms with E-state index in [1.54, 1.807) is 29.2 Å². The third-order valence-electron chi connectivity index (χ3n) is 3.84. The lowest BCUT2D eigenvalue weighted by Crippen LogP contribution is -2.28. The topological polar surface area (TPSA) is 62.3 Å². The number of benzene rings is 1. The molecule has 0 spiro atoms. The fourth-order valence-electron chi connectivity index (χ4n) is 2.58. The average Bonchev–Trinajstić information content (AvgIpc) is 3.13. The van der Waals surface area contributed by atoms with Crippen molar-refractivity contribution in [2.75, 3.05) is 18.4 Å². The number of anilines is 1. The Kier molecular flexibility index (Phi) is 5.02. The zero-order chi connectivity index (χ0) is 17.1. The van der Waals surface area contributed by atoms with E-state index in [0.717, 1.165) is 25.9 Å². The smallest absolute Gasteiger partial charge is 0.257 e. The first-order valence-corrected chi connectivity index (χ1v) is 8.31. The number of aromatic nitrogens is 1. The van der Waals surface area contributed by atoms with Gasteiger partial charge in [-0.25, -0.2) is 0 Å². The maximum Gasteiger partial charge on any atom is 0.257 e. The van der Waals surface area contributed by atoms with E-state index in [9.17, 15) is 9.59 Å². The van der Waals surface area contributed by atoms with E-state index in [1.807, 2.05) is 0 Å². The molecule has 124 valence electrons. The summed E-state index contributed by atoms with van der Waals surface area (Å²) >= 11 is 12.0. The van der Waals surface area contributed by atoms with E-state index in [4.69, 9.17) is 23.2 Å². The molecule has 2 amide bonds. The van der Waals surface area contributed by atoms with Crippen LogP contribution in [0.5, 0.6) is 0 Å². The van der Waals surface area contributed by atoms with Crippen LogP contribution in [0.25, 0.3) is 0 Å². The second-order valence-electron chi connectivity index (χ2n) is 5.52. The summed E-state index contributed by atoms with van der Waals surface area (Å²) in [6.07, 6.45) is 4.90. The third kappa shape index (κ3) is 3.52. The predicted octanol–water partition coefficient (Wildman–Crippen LogP) is 3.88. The van der Waals surface area contributed by atoms with E-state index < -0.39 is 5.91 Å². The van der Waals surface area contributed by atoms with Crippen LogP contribution in [0.1, 0.15) is 33.6 Å². The SMILES string of the molecule is O=C(Nc1cccc(Cl)c1Cl)c1cncc(C(=O)N2CCCC2)c1. The largest absolute Gasteiger partial charge is 0.339 e. The average molecular weight is 364 g/mol. The summed E-state index contributed by atoms with van der Waals surface area (Å²) in [6, 6.07) is 6.52. The number of halogens is 2. The first-order chi connectivity index (χ1) is 11.6. The molecular formula is C17H15Cl2N3O2. The number of hydrogen-bond donors (Lipinski definition) is 1. The van der Waals surface area contributed by atoms with Crippen molar-refractivity contribution in [2.24, 2.45) is 0 Å². The number of carbonyl (C=O) groups is 2. The number of likely N-dealkylation sites (tertiary alicyclic amines) is 1. The van der Waals surface area contributed by atoms with Crippen molar-refractivity contribution in [3.8, 4) is 0 Å². The zero-order valence-electron chi connectivity index (χ0n) is 12.8. The molecule has 1 aromatic carbocycles. The Hall–Kier alpha value is -2.11. The molecule has 0 aliphatic carbocycles. The Bertz CT molecular complexity index is 789. The summed E-state index contributed by atoms with van der Waals surface area (Å²) in [5.41, 5.74) is 1.10. The van der Waals surface area contributed by atoms with Gasteiger partial charge in [-0.15, -0.1) is 0 Å². The van der Waals surface area contributed by atoms with Gasteiger partial charge < -0.3 is 10.2 Å². The number of nitrogens with one attached hydrogen (secondary N) is 1. The van der Waals surface area contributed by atoms with Crippen LogP contribution in [0.2, 0.25) is 10.0 Å². The van der Waals surface area contributed by atoms with Crippen LogP contribution >= 0.6 is 23.2 Å². The second kappa shape index (κ2) is 7.20. The lowest BCUT2D eigenvalue weighted by atomic mass is 10.1. The predicted molar refractivity (Wildman–Crippen MR) is 93.8 cm³/mol. The molecule has 1 aliphatic heterocycles. The molecule has 0 radical (unpaired) electrons. The van der Waals surface area contributed by atoms with Crippen molar-refractivity contribution in [1.29, 1.82) is 0 Å². The lowest BCUT2D eigenvalue weighted by Gasteiger charge is -2.15. The maximum absolute atomic E-state index is 12.4. The Morgan fingerprint density at radius 1 is 1.08 bits per heavy atom.